The Kier molecular flexibility index (Phi) is 9.23. The van der Waals surface area contributed by atoms with E-state index >= 15 is 0 Å². The van der Waals surface area contributed by atoms with Gasteiger partial charge in [0.05, 0.1) is 0 Å². The van der Waals surface area contributed by atoms with Crippen molar-refractivity contribution in [3.05, 3.63) is 41.3 Å². The van der Waals surface area contributed by atoms with E-state index in [0.29, 0.717) is 0 Å². The summed E-state index contributed by atoms with van der Waals surface area (Å²) in [5, 5.41) is 2.26. The predicted molar refractivity (Wildman–Crippen MR) is 85.6 cm³/mol. The van der Waals surface area contributed by atoms with Gasteiger partial charge >= 0.3 is 126 Å². The van der Waals surface area contributed by atoms with Crippen LogP contribution < -0.4 is 0 Å². The Hall–Kier alpha value is -0.340. The van der Waals surface area contributed by atoms with Gasteiger partial charge in [0, 0.05) is 0 Å². The van der Waals surface area contributed by atoms with Crippen LogP contribution in [0.1, 0.15) is 38.2 Å². The number of hydrogen-bond acceptors (Lipinski definition) is 1. The van der Waals surface area contributed by atoms with Crippen molar-refractivity contribution in [2.45, 2.75) is 32.6 Å². The quantitative estimate of drug-likeness (QED) is 0.400. The van der Waals surface area contributed by atoms with Crippen molar-refractivity contribution in [3.8, 4) is 9.89 Å². The molecule has 1 aromatic carbocycles. The van der Waals surface area contributed by atoms with E-state index in [9.17, 15) is 0 Å². The maximum absolute atomic E-state index is 3.43. The molecule has 0 saturated heterocycles. The molecule has 0 fully saturated rings. The Balaban J connectivity index is 2.52. The van der Waals surface area contributed by atoms with E-state index in [1.807, 2.05) is 0 Å². The predicted octanol–water partition coefficient (Wildman–Crippen LogP) is 4.59. The van der Waals surface area contributed by atoms with Crippen LogP contribution in [0.4, 0.5) is 0 Å². The summed E-state index contributed by atoms with van der Waals surface area (Å²) in [6.07, 6.45) is 7.02. The molecule has 96 valence electrons. The summed E-state index contributed by atoms with van der Waals surface area (Å²) in [6, 6.07) is 10.6. The van der Waals surface area contributed by atoms with Gasteiger partial charge < -0.3 is 0 Å². The third-order valence-electron chi connectivity index (χ3n) is 2.42. The molecule has 0 heterocycles. The van der Waals surface area contributed by atoms with E-state index in [1.54, 1.807) is 11.8 Å². The molecule has 0 aliphatic rings. The molecule has 1 aromatic rings. The molecule has 0 N–H and O–H groups in total. The summed E-state index contributed by atoms with van der Waals surface area (Å²) < 4.78 is 4.88. The molecule has 0 radical (unpaired) electrons. The van der Waals surface area contributed by atoms with E-state index in [2.05, 4.69) is 58.8 Å². The molecule has 0 aromatic heterocycles. The van der Waals surface area contributed by atoms with Gasteiger partial charge in [0.25, 0.3) is 0 Å². The Morgan fingerprint density at radius 1 is 1.28 bits per heavy atom. The molecule has 0 amide bonds. The second kappa shape index (κ2) is 10.6. The van der Waals surface area contributed by atoms with Crippen molar-refractivity contribution < 1.29 is 0 Å². The summed E-state index contributed by atoms with van der Waals surface area (Å²) in [7, 11) is 0. The molecule has 0 bridgehead atoms. The maximum atomic E-state index is 3.43. The van der Waals surface area contributed by atoms with Crippen LogP contribution in [0.15, 0.2) is 35.7 Å². The Morgan fingerprint density at radius 2 is 2.06 bits per heavy atom. The summed E-state index contributed by atoms with van der Waals surface area (Å²) in [5.41, 5.74) is 1.34. The van der Waals surface area contributed by atoms with Crippen LogP contribution >= 0.6 is 11.8 Å². The minimum atomic E-state index is -0.356. The van der Waals surface area contributed by atoms with E-state index in [0.717, 1.165) is 6.42 Å². The molecule has 1 rings (SSSR count). The average Bonchev–Trinajstić information content (AvgIpc) is 2.42. The van der Waals surface area contributed by atoms with Crippen LogP contribution in [-0.2, 0) is 0 Å². The molecule has 0 unspecified atom stereocenters. The molecule has 0 aliphatic carbocycles. The van der Waals surface area contributed by atoms with Gasteiger partial charge in [-0.15, -0.1) is 0 Å². The zero-order valence-electron chi connectivity index (χ0n) is 11.1. The SMILES string of the molecule is CCCCCC#C[Te]/C(=C\SC)c1ccccc1. The van der Waals surface area contributed by atoms with Crippen LogP contribution in [0.5, 0.6) is 0 Å². The Labute approximate surface area is 126 Å². The average molecular weight is 372 g/mol. The van der Waals surface area contributed by atoms with Crippen LogP contribution in [0.3, 0.4) is 0 Å². The molecule has 0 atom stereocenters. The van der Waals surface area contributed by atoms with Gasteiger partial charge in [0.15, 0.2) is 0 Å². The molecule has 0 nitrogen and oxygen atoms in total. The van der Waals surface area contributed by atoms with E-state index < -0.39 is 0 Å². The summed E-state index contributed by atoms with van der Waals surface area (Å²) in [4.78, 5) is 0. The van der Waals surface area contributed by atoms with Gasteiger partial charge in [-0.2, -0.15) is 0 Å². The minimum absolute atomic E-state index is 0.356. The zero-order valence-corrected chi connectivity index (χ0v) is 14.3. The van der Waals surface area contributed by atoms with Gasteiger partial charge in [0.2, 0.25) is 0 Å². The first kappa shape index (κ1) is 15.7. The molecule has 0 aliphatic heterocycles. The van der Waals surface area contributed by atoms with E-state index in [-0.39, 0.29) is 20.9 Å². The number of unbranched alkanes of at least 4 members (excludes halogenated alkanes) is 3. The molecule has 18 heavy (non-hydrogen) atoms. The molecule has 2 heteroatoms. The van der Waals surface area contributed by atoms with Crippen molar-refractivity contribution >= 4 is 36.3 Å². The van der Waals surface area contributed by atoms with Crippen molar-refractivity contribution in [3.63, 3.8) is 0 Å². The second-order valence-corrected chi connectivity index (χ2v) is 7.05. The first-order valence-corrected chi connectivity index (χ1v) is 9.93. The number of rotatable bonds is 6. The van der Waals surface area contributed by atoms with Crippen molar-refractivity contribution in [2.75, 3.05) is 6.26 Å². The zero-order chi connectivity index (χ0) is 13.1. The van der Waals surface area contributed by atoms with Crippen LogP contribution in [0.2, 0.25) is 0 Å². The number of thioether (sulfide) groups is 1. The summed E-state index contributed by atoms with van der Waals surface area (Å²) >= 11 is 1.42. The second-order valence-electron chi connectivity index (χ2n) is 3.92. The number of hydrogen-bond donors (Lipinski definition) is 0. The first-order valence-electron chi connectivity index (χ1n) is 6.31. The van der Waals surface area contributed by atoms with E-state index in [1.165, 1.54) is 28.4 Å². The summed E-state index contributed by atoms with van der Waals surface area (Å²) in [5.74, 6) is 3.34. The topological polar surface area (TPSA) is 0 Å². The first-order chi connectivity index (χ1) is 8.88. The fourth-order valence-electron chi connectivity index (χ4n) is 1.47. The van der Waals surface area contributed by atoms with Crippen molar-refractivity contribution in [1.29, 1.82) is 0 Å². The van der Waals surface area contributed by atoms with E-state index in [4.69, 9.17) is 0 Å². The van der Waals surface area contributed by atoms with Gasteiger partial charge in [-0.1, -0.05) is 0 Å². The third kappa shape index (κ3) is 6.55. The molecule has 0 saturated carbocycles. The van der Waals surface area contributed by atoms with Crippen molar-refractivity contribution in [2.24, 2.45) is 0 Å². The molecule has 0 spiro atoms. The van der Waals surface area contributed by atoms with Crippen LogP contribution in [0, 0.1) is 9.89 Å². The third-order valence-corrected chi connectivity index (χ3v) is 5.70. The summed E-state index contributed by atoms with van der Waals surface area (Å²) in [6.45, 7) is 2.23. The Morgan fingerprint density at radius 3 is 2.72 bits per heavy atom. The van der Waals surface area contributed by atoms with Crippen LogP contribution in [0.25, 0.3) is 3.62 Å². The Bertz CT molecular complexity index is 412. The fourth-order valence-corrected chi connectivity index (χ4v) is 4.64. The van der Waals surface area contributed by atoms with Gasteiger partial charge in [0.1, 0.15) is 0 Å². The van der Waals surface area contributed by atoms with Gasteiger partial charge in [-0.05, 0) is 0 Å². The van der Waals surface area contributed by atoms with Crippen molar-refractivity contribution in [1.82, 2.24) is 0 Å². The molecular weight excluding hydrogens is 352 g/mol. The monoisotopic (exact) mass is 374 g/mol. The fraction of sp³-hybridized carbons (Fsp3) is 0.375. The normalized spacial score (nSPS) is 10.9. The molecular formula is C16H20STe. The van der Waals surface area contributed by atoms with Crippen LogP contribution in [-0.4, -0.2) is 27.2 Å². The van der Waals surface area contributed by atoms with Gasteiger partial charge in [-0.3, -0.25) is 0 Å². The number of benzene rings is 1. The van der Waals surface area contributed by atoms with Gasteiger partial charge in [-0.25, -0.2) is 0 Å². The standard InChI is InChI=1S/C16H20STe/c1-3-4-5-6-10-13-18-16(14-17-2)15-11-8-7-9-12-15/h7-9,11-12,14H,3-6H2,1-2H3/b16-14-.